The Kier molecular flexibility index (Phi) is 6.26. The molecule has 2 amide bonds. The SMILES string of the molecule is CCC(Oc1cccc(C)c1)C(=O)NNC(=O)c1ccc([N+](=O)[O-])cc1. The number of nitro groups is 1. The first-order valence-electron chi connectivity index (χ1n) is 7.98. The third-order valence-corrected chi connectivity index (χ3v) is 3.57. The monoisotopic (exact) mass is 357 g/mol. The van der Waals surface area contributed by atoms with E-state index in [0.29, 0.717) is 12.2 Å². The highest BCUT2D eigenvalue weighted by molar-refractivity contribution is 5.95. The van der Waals surface area contributed by atoms with Crippen molar-refractivity contribution in [3.8, 4) is 5.75 Å². The first kappa shape index (κ1) is 18.9. The number of carbonyl (C=O) groups is 2. The van der Waals surface area contributed by atoms with Crippen molar-refractivity contribution in [1.29, 1.82) is 0 Å². The number of nitrogens with zero attached hydrogens (tertiary/aromatic N) is 1. The van der Waals surface area contributed by atoms with E-state index < -0.39 is 22.8 Å². The van der Waals surface area contributed by atoms with Gasteiger partial charge in [-0.2, -0.15) is 0 Å². The van der Waals surface area contributed by atoms with Crippen molar-refractivity contribution in [2.45, 2.75) is 26.4 Å². The topological polar surface area (TPSA) is 111 Å². The first-order valence-corrected chi connectivity index (χ1v) is 7.98. The van der Waals surface area contributed by atoms with Crippen LogP contribution < -0.4 is 15.6 Å². The maximum atomic E-state index is 12.2. The van der Waals surface area contributed by atoms with Gasteiger partial charge in [0.25, 0.3) is 17.5 Å². The fourth-order valence-corrected chi connectivity index (χ4v) is 2.18. The van der Waals surface area contributed by atoms with E-state index in [9.17, 15) is 19.7 Å². The lowest BCUT2D eigenvalue weighted by molar-refractivity contribution is -0.384. The average molecular weight is 357 g/mol. The van der Waals surface area contributed by atoms with E-state index in [0.717, 1.165) is 5.56 Å². The molecule has 0 aromatic heterocycles. The third kappa shape index (κ3) is 5.04. The first-order chi connectivity index (χ1) is 12.4. The number of rotatable bonds is 6. The Bertz CT molecular complexity index is 805. The molecule has 26 heavy (non-hydrogen) atoms. The number of carbonyl (C=O) groups excluding carboxylic acids is 2. The summed E-state index contributed by atoms with van der Waals surface area (Å²) in [6.07, 6.45) is -0.360. The van der Waals surface area contributed by atoms with Gasteiger partial charge in [0.1, 0.15) is 5.75 Å². The predicted molar refractivity (Wildman–Crippen MR) is 94.6 cm³/mol. The molecule has 0 spiro atoms. The highest BCUT2D eigenvalue weighted by atomic mass is 16.6. The van der Waals surface area contributed by atoms with Gasteiger partial charge >= 0.3 is 0 Å². The van der Waals surface area contributed by atoms with Crippen molar-refractivity contribution in [3.63, 3.8) is 0 Å². The molecule has 0 bridgehead atoms. The predicted octanol–water partition coefficient (Wildman–Crippen LogP) is 2.52. The van der Waals surface area contributed by atoms with E-state index in [1.807, 2.05) is 25.1 Å². The average Bonchev–Trinajstić information content (AvgIpc) is 2.64. The molecule has 0 heterocycles. The van der Waals surface area contributed by atoms with Crippen LogP contribution in [-0.2, 0) is 4.79 Å². The molecule has 8 heteroatoms. The number of amides is 2. The van der Waals surface area contributed by atoms with Gasteiger partial charge in [-0.3, -0.25) is 30.6 Å². The molecule has 2 N–H and O–H groups in total. The maximum absolute atomic E-state index is 12.2. The minimum atomic E-state index is -0.769. The van der Waals surface area contributed by atoms with Crippen molar-refractivity contribution in [3.05, 3.63) is 69.8 Å². The number of hydrogen-bond donors (Lipinski definition) is 2. The lowest BCUT2D eigenvalue weighted by Crippen LogP contribution is -2.47. The molecule has 136 valence electrons. The Morgan fingerprint density at radius 2 is 1.85 bits per heavy atom. The van der Waals surface area contributed by atoms with Crippen molar-refractivity contribution < 1.29 is 19.2 Å². The van der Waals surface area contributed by atoms with Gasteiger partial charge in [0.2, 0.25) is 0 Å². The Labute approximate surface area is 150 Å². The van der Waals surface area contributed by atoms with Crippen LogP contribution in [0, 0.1) is 17.0 Å². The van der Waals surface area contributed by atoms with E-state index in [-0.39, 0.29) is 11.3 Å². The Morgan fingerprint density at radius 1 is 1.15 bits per heavy atom. The number of nitrogens with one attached hydrogen (secondary N) is 2. The summed E-state index contributed by atoms with van der Waals surface area (Å²) in [5, 5.41) is 10.6. The highest BCUT2D eigenvalue weighted by Gasteiger charge is 2.19. The lowest BCUT2D eigenvalue weighted by atomic mass is 10.2. The van der Waals surface area contributed by atoms with E-state index in [4.69, 9.17) is 4.74 Å². The molecule has 0 saturated heterocycles. The summed E-state index contributed by atoms with van der Waals surface area (Å²) in [7, 11) is 0. The third-order valence-electron chi connectivity index (χ3n) is 3.57. The lowest BCUT2D eigenvalue weighted by Gasteiger charge is -2.17. The number of benzene rings is 2. The summed E-state index contributed by atoms with van der Waals surface area (Å²) >= 11 is 0. The van der Waals surface area contributed by atoms with Gasteiger partial charge in [-0.1, -0.05) is 19.1 Å². The highest BCUT2D eigenvalue weighted by Crippen LogP contribution is 2.15. The van der Waals surface area contributed by atoms with Gasteiger partial charge in [-0.15, -0.1) is 0 Å². The summed E-state index contributed by atoms with van der Waals surface area (Å²) < 4.78 is 5.65. The van der Waals surface area contributed by atoms with Crippen LogP contribution in [0.2, 0.25) is 0 Å². The molecule has 2 rings (SSSR count). The number of aryl methyl sites for hydroxylation is 1. The molecule has 0 saturated carbocycles. The molecule has 0 radical (unpaired) electrons. The smallest absolute Gasteiger partial charge is 0.279 e. The fourth-order valence-electron chi connectivity index (χ4n) is 2.18. The van der Waals surface area contributed by atoms with Gasteiger partial charge in [0, 0.05) is 17.7 Å². The Balaban J connectivity index is 1.93. The zero-order chi connectivity index (χ0) is 19.1. The zero-order valence-corrected chi connectivity index (χ0v) is 14.4. The van der Waals surface area contributed by atoms with Crippen LogP contribution in [0.4, 0.5) is 5.69 Å². The Morgan fingerprint density at radius 3 is 2.42 bits per heavy atom. The van der Waals surface area contributed by atoms with Crippen LogP contribution in [0.15, 0.2) is 48.5 Å². The molecular weight excluding hydrogens is 338 g/mol. The normalized spacial score (nSPS) is 11.3. The van der Waals surface area contributed by atoms with Gasteiger partial charge in [0.05, 0.1) is 4.92 Å². The van der Waals surface area contributed by atoms with Crippen LogP contribution in [0.1, 0.15) is 29.3 Å². The number of nitro benzene ring substituents is 1. The van der Waals surface area contributed by atoms with Gasteiger partial charge < -0.3 is 4.74 Å². The summed E-state index contributed by atoms with van der Waals surface area (Å²) in [6.45, 7) is 3.70. The second-order valence-electron chi connectivity index (χ2n) is 5.58. The largest absolute Gasteiger partial charge is 0.481 e. The van der Waals surface area contributed by atoms with Crippen molar-refractivity contribution in [1.82, 2.24) is 10.9 Å². The van der Waals surface area contributed by atoms with E-state index in [1.54, 1.807) is 13.0 Å². The second-order valence-corrected chi connectivity index (χ2v) is 5.58. The molecule has 0 aliphatic rings. The number of hydrazine groups is 1. The fraction of sp³-hybridized carbons (Fsp3) is 0.222. The van der Waals surface area contributed by atoms with E-state index in [1.165, 1.54) is 24.3 Å². The van der Waals surface area contributed by atoms with Crippen molar-refractivity contribution in [2.24, 2.45) is 0 Å². The van der Waals surface area contributed by atoms with Crippen LogP contribution >= 0.6 is 0 Å². The molecule has 0 aliphatic carbocycles. The molecule has 0 aliphatic heterocycles. The van der Waals surface area contributed by atoms with Crippen LogP contribution in [0.3, 0.4) is 0 Å². The molecule has 2 aromatic rings. The van der Waals surface area contributed by atoms with Crippen molar-refractivity contribution in [2.75, 3.05) is 0 Å². The quantitative estimate of drug-likeness (QED) is 0.610. The zero-order valence-electron chi connectivity index (χ0n) is 14.4. The number of hydrogen-bond acceptors (Lipinski definition) is 5. The molecule has 0 fully saturated rings. The second kappa shape index (κ2) is 8.61. The summed E-state index contributed by atoms with van der Waals surface area (Å²) in [5.74, 6) is -0.517. The van der Waals surface area contributed by atoms with Gasteiger partial charge in [0.15, 0.2) is 6.10 Å². The molecule has 2 aromatic carbocycles. The maximum Gasteiger partial charge on any atom is 0.279 e. The standard InChI is InChI=1S/C18H19N3O5/c1-3-16(26-15-6-4-5-12(2)11-15)18(23)20-19-17(22)13-7-9-14(10-8-13)21(24)25/h4-11,16H,3H2,1-2H3,(H,19,22)(H,20,23). The molecule has 1 atom stereocenters. The molecule has 8 nitrogen and oxygen atoms in total. The van der Waals surface area contributed by atoms with E-state index in [2.05, 4.69) is 10.9 Å². The van der Waals surface area contributed by atoms with Gasteiger partial charge in [-0.25, -0.2) is 0 Å². The van der Waals surface area contributed by atoms with Crippen LogP contribution in [0.5, 0.6) is 5.75 Å². The van der Waals surface area contributed by atoms with Gasteiger partial charge in [-0.05, 0) is 43.2 Å². The van der Waals surface area contributed by atoms with Crippen LogP contribution in [0.25, 0.3) is 0 Å². The van der Waals surface area contributed by atoms with E-state index >= 15 is 0 Å². The number of ether oxygens (including phenoxy) is 1. The summed E-state index contributed by atoms with van der Waals surface area (Å²) in [6, 6.07) is 12.3. The minimum Gasteiger partial charge on any atom is -0.481 e. The van der Waals surface area contributed by atoms with Crippen molar-refractivity contribution >= 4 is 17.5 Å². The minimum absolute atomic E-state index is 0.122. The molecule has 1 unspecified atom stereocenters. The van der Waals surface area contributed by atoms with Crippen LogP contribution in [-0.4, -0.2) is 22.8 Å². The Hall–Kier alpha value is -3.42. The summed E-state index contributed by atoms with van der Waals surface area (Å²) in [5.41, 5.74) is 5.64. The molecular formula is C18H19N3O5. The summed E-state index contributed by atoms with van der Waals surface area (Å²) in [4.78, 5) is 34.3. The number of non-ortho nitro benzene ring substituents is 1.